The van der Waals surface area contributed by atoms with Crippen LogP contribution in [0.4, 0.5) is 5.95 Å². The normalized spacial score (nSPS) is 10.7. The molecule has 4 aromatic rings. The summed E-state index contributed by atoms with van der Waals surface area (Å²) in [6, 6.07) is 14.8. The van der Waals surface area contributed by atoms with Crippen LogP contribution in [-0.2, 0) is 0 Å². The lowest BCUT2D eigenvalue weighted by molar-refractivity contribution is 0.102. The van der Waals surface area contributed by atoms with E-state index >= 15 is 0 Å². The number of aromatic nitrogens is 3. The van der Waals surface area contributed by atoms with Crippen molar-refractivity contribution in [1.29, 1.82) is 5.26 Å². The van der Waals surface area contributed by atoms with Crippen LogP contribution in [0.3, 0.4) is 0 Å². The van der Waals surface area contributed by atoms with E-state index in [1.807, 2.05) is 11.4 Å². The van der Waals surface area contributed by atoms with E-state index in [0.717, 1.165) is 16.8 Å². The molecule has 0 atom stereocenters. The zero-order valence-corrected chi connectivity index (χ0v) is 15.5. The number of fused-ring (bicyclic) bond motifs is 1. The van der Waals surface area contributed by atoms with Gasteiger partial charge < -0.3 is 0 Å². The van der Waals surface area contributed by atoms with Crippen LogP contribution in [0, 0.1) is 25.2 Å². The molecule has 0 fully saturated rings. The number of carbonyl (C=O) groups excluding carboxylic acids is 1. The lowest BCUT2D eigenvalue weighted by Gasteiger charge is -2.05. The average Bonchev–Trinajstić information content (AvgIpc) is 3.22. The number of rotatable bonds is 3. The van der Waals surface area contributed by atoms with Crippen LogP contribution in [0.15, 0.2) is 47.8 Å². The maximum absolute atomic E-state index is 12.4. The van der Waals surface area contributed by atoms with E-state index in [1.54, 1.807) is 22.7 Å². The lowest BCUT2D eigenvalue weighted by Crippen LogP contribution is -2.13. The van der Waals surface area contributed by atoms with Crippen molar-refractivity contribution in [1.82, 2.24) is 14.6 Å². The number of nitrogens with one attached hydrogen (secondary N) is 1. The zero-order valence-electron chi connectivity index (χ0n) is 14.7. The second kappa shape index (κ2) is 6.67. The SMILES string of the molecule is Cc1ccc(-c2csc3nc(NC(=O)c4cccc(C#N)c4)nn23)c(C)c1. The fourth-order valence-corrected chi connectivity index (χ4v) is 3.75. The maximum atomic E-state index is 12.4. The van der Waals surface area contributed by atoms with Gasteiger partial charge in [-0.15, -0.1) is 16.4 Å². The molecule has 7 heteroatoms. The Bertz CT molecular complexity index is 1210. The molecule has 0 saturated carbocycles. The topological polar surface area (TPSA) is 83.1 Å². The van der Waals surface area contributed by atoms with E-state index in [1.165, 1.54) is 23.0 Å². The molecular weight excluding hydrogens is 358 g/mol. The molecule has 4 rings (SSSR count). The van der Waals surface area contributed by atoms with E-state index in [4.69, 9.17) is 5.26 Å². The first-order valence-electron chi connectivity index (χ1n) is 8.28. The summed E-state index contributed by atoms with van der Waals surface area (Å²) in [5, 5.41) is 18.1. The summed E-state index contributed by atoms with van der Waals surface area (Å²) in [7, 11) is 0. The highest BCUT2D eigenvalue weighted by atomic mass is 32.1. The van der Waals surface area contributed by atoms with Gasteiger partial charge in [-0.1, -0.05) is 29.8 Å². The molecule has 0 bridgehead atoms. The fraction of sp³-hybridized carbons (Fsp3) is 0.100. The highest BCUT2D eigenvalue weighted by molar-refractivity contribution is 7.15. The molecule has 2 heterocycles. The number of amides is 1. The van der Waals surface area contributed by atoms with E-state index in [9.17, 15) is 4.79 Å². The molecular formula is C20H15N5OS. The highest BCUT2D eigenvalue weighted by Crippen LogP contribution is 2.29. The summed E-state index contributed by atoms with van der Waals surface area (Å²) in [4.78, 5) is 17.5. The number of hydrogen-bond donors (Lipinski definition) is 1. The predicted octanol–water partition coefficient (Wildman–Crippen LogP) is 4.20. The van der Waals surface area contributed by atoms with Crippen LogP contribution < -0.4 is 5.32 Å². The minimum Gasteiger partial charge on any atom is -0.289 e. The Kier molecular flexibility index (Phi) is 4.18. The van der Waals surface area contributed by atoms with Crippen LogP contribution in [-0.4, -0.2) is 20.5 Å². The number of benzene rings is 2. The Morgan fingerprint density at radius 2 is 2.07 bits per heavy atom. The van der Waals surface area contributed by atoms with Gasteiger partial charge >= 0.3 is 0 Å². The summed E-state index contributed by atoms with van der Waals surface area (Å²) >= 11 is 1.47. The molecule has 0 radical (unpaired) electrons. The first-order chi connectivity index (χ1) is 13.0. The van der Waals surface area contributed by atoms with Gasteiger partial charge in [0.2, 0.25) is 4.96 Å². The van der Waals surface area contributed by atoms with Crippen molar-refractivity contribution in [2.75, 3.05) is 5.32 Å². The zero-order chi connectivity index (χ0) is 19.0. The number of hydrogen-bond acceptors (Lipinski definition) is 5. The third-order valence-electron chi connectivity index (χ3n) is 4.22. The number of aryl methyl sites for hydroxylation is 2. The number of thiazole rings is 1. The Hall–Kier alpha value is -3.50. The molecule has 0 aliphatic heterocycles. The van der Waals surface area contributed by atoms with Crippen molar-refractivity contribution < 1.29 is 4.79 Å². The molecule has 0 aliphatic rings. The van der Waals surface area contributed by atoms with Crippen LogP contribution in [0.2, 0.25) is 0 Å². The van der Waals surface area contributed by atoms with Gasteiger partial charge in [-0.3, -0.25) is 10.1 Å². The number of carbonyl (C=O) groups is 1. The fourth-order valence-electron chi connectivity index (χ4n) is 2.92. The molecule has 0 saturated heterocycles. The average molecular weight is 373 g/mol. The van der Waals surface area contributed by atoms with Gasteiger partial charge in [-0.05, 0) is 37.6 Å². The molecule has 0 aliphatic carbocycles. The first-order valence-corrected chi connectivity index (χ1v) is 9.16. The van der Waals surface area contributed by atoms with Crippen molar-refractivity contribution in [3.05, 3.63) is 70.1 Å². The first kappa shape index (κ1) is 16.9. The molecule has 27 heavy (non-hydrogen) atoms. The summed E-state index contributed by atoms with van der Waals surface area (Å²) < 4.78 is 1.74. The van der Waals surface area contributed by atoms with Crippen molar-refractivity contribution >= 4 is 28.2 Å². The molecule has 6 nitrogen and oxygen atoms in total. The van der Waals surface area contributed by atoms with Crippen LogP contribution >= 0.6 is 11.3 Å². The molecule has 0 unspecified atom stereocenters. The van der Waals surface area contributed by atoms with Crippen molar-refractivity contribution in [3.8, 4) is 17.3 Å². The van der Waals surface area contributed by atoms with Crippen molar-refractivity contribution in [3.63, 3.8) is 0 Å². The van der Waals surface area contributed by atoms with Crippen LogP contribution in [0.5, 0.6) is 0 Å². The minimum absolute atomic E-state index is 0.236. The Balaban J connectivity index is 1.66. The van der Waals surface area contributed by atoms with Gasteiger partial charge in [-0.25, -0.2) is 4.52 Å². The van der Waals surface area contributed by atoms with E-state index in [-0.39, 0.29) is 11.9 Å². The Labute approximate surface area is 159 Å². The van der Waals surface area contributed by atoms with Gasteiger partial charge in [0, 0.05) is 16.5 Å². The van der Waals surface area contributed by atoms with Gasteiger partial charge in [0.05, 0.1) is 17.3 Å². The van der Waals surface area contributed by atoms with E-state index in [0.29, 0.717) is 16.1 Å². The second-order valence-electron chi connectivity index (χ2n) is 6.22. The standard InChI is InChI=1S/C20H15N5OS/c1-12-6-7-16(13(2)8-12)17-11-27-20-23-19(24-25(17)20)22-18(26)15-5-3-4-14(9-15)10-21/h3-9,11H,1-2H3,(H,22,24,26). The van der Waals surface area contributed by atoms with E-state index < -0.39 is 0 Å². The quantitative estimate of drug-likeness (QED) is 0.583. The summed E-state index contributed by atoms with van der Waals surface area (Å²) in [6.45, 7) is 4.12. The maximum Gasteiger partial charge on any atom is 0.258 e. The molecule has 132 valence electrons. The second-order valence-corrected chi connectivity index (χ2v) is 7.05. The van der Waals surface area contributed by atoms with Gasteiger partial charge in [-0.2, -0.15) is 10.2 Å². The molecule has 2 aromatic heterocycles. The van der Waals surface area contributed by atoms with Gasteiger partial charge in [0.25, 0.3) is 11.9 Å². The molecule has 1 N–H and O–H groups in total. The Morgan fingerprint density at radius 1 is 1.22 bits per heavy atom. The van der Waals surface area contributed by atoms with Crippen LogP contribution in [0.1, 0.15) is 27.0 Å². The molecule has 1 amide bonds. The summed E-state index contributed by atoms with van der Waals surface area (Å²) in [5.74, 6) is -0.112. The predicted molar refractivity (Wildman–Crippen MR) is 105 cm³/mol. The monoisotopic (exact) mass is 373 g/mol. The van der Waals surface area contributed by atoms with Crippen molar-refractivity contribution in [2.24, 2.45) is 0 Å². The third kappa shape index (κ3) is 3.18. The van der Waals surface area contributed by atoms with Gasteiger partial charge in [0.15, 0.2) is 0 Å². The largest absolute Gasteiger partial charge is 0.289 e. The Morgan fingerprint density at radius 3 is 2.85 bits per heavy atom. The lowest BCUT2D eigenvalue weighted by atomic mass is 10.0. The third-order valence-corrected chi connectivity index (χ3v) is 5.03. The number of nitriles is 1. The summed E-state index contributed by atoms with van der Waals surface area (Å²) in [5.41, 5.74) is 5.20. The molecule has 2 aromatic carbocycles. The van der Waals surface area contributed by atoms with Gasteiger partial charge in [0.1, 0.15) is 0 Å². The smallest absolute Gasteiger partial charge is 0.258 e. The summed E-state index contributed by atoms with van der Waals surface area (Å²) in [6.07, 6.45) is 0. The molecule has 0 spiro atoms. The minimum atomic E-state index is -0.349. The van der Waals surface area contributed by atoms with Crippen LogP contribution in [0.25, 0.3) is 16.2 Å². The number of anilines is 1. The van der Waals surface area contributed by atoms with E-state index in [2.05, 4.69) is 47.4 Å². The van der Waals surface area contributed by atoms with Crippen molar-refractivity contribution in [2.45, 2.75) is 13.8 Å². The highest BCUT2D eigenvalue weighted by Gasteiger charge is 2.15. The number of nitrogens with zero attached hydrogens (tertiary/aromatic N) is 4.